The van der Waals surface area contributed by atoms with Gasteiger partial charge >= 0.3 is 0 Å². The van der Waals surface area contributed by atoms with Crippen LogP contribution in [0.25, 0.3) is 0 Å². The molecule has 0 aliphatic carbocycles. The molecule has 1 aromatic carbocycles. The summed E-state index contributed by atoms with van der Waals surface area (Å²) in [7, 11) is 0. The van der Waals surface area contributed by atoms with Gasteiger partial charge in [-0.15, -0.1) is 0 Å². The van der Waals surface area contributed by atoms with Gasteiger partial charge in [-0.2, -0.15) is 4.37 Å². The maximum Gasteiger partial charge on any atom is 0.170 e. The zero-order valence-corrected chi connectivity index (χ0v) is 12.5. The highest BCUT2D eigenvalue weighted by atomic mass is 32.2. The SMILES string of the molecule is CCc1nsc(SCCOc2ccccc2CN)n1. The summed E-state index contributed by atoms with van der Waals surface area (Å²) in [5.74, 6) is 2.65. The van der Waals surface area contributed by atoms with Gasteiger partial charge in [0.25, 0.3) is 0 Å². The van der Waals surface area contributed by atoms with Gasteiger partial charge in [0.05, 0.1) is 6.61 Å². The van der Waals surface area contributed by atoms with Crippen molar-refractivity contribution in [1.29, 1.82) is 0 Å². The summed E-state index contributed by atoms with van der Waals surface area (Å²) >= 11 is 3.13. The minimum absolute atomic E-state index is 0.500. The van der Waals surface area contributed by atoms with Crippen molar-refractivity contribution in [2.24, 2.45) is 5.73 Å². The predicted octanol–water partition coefficient (Wildman–Crippen LogP) is 2.73. The average molecular weight is 295 g/mol. The van der Waals surface area contributed by atoms with E-state index < -0.39 is 0 Å². The lowest BCUT2D eigenvalue weighted by atomic mass is 10.2. The summed E-state index contributed by atoms with van der Waals surface area (Å²) in [6.45, 7) is 3.20. The van der Waals surface area contributed by atoms with E-state index in [0.717, 1.165) is 33.7 Å². The number of para-hydroxylation sites is 1. The minimum Gasteiger partial charge on any atom is -0.492 e. The molecule has 0 saturated carbocycles. The van der Waals surface area contributed by atoms with Crippen LogP contribution in [0.5, 0.6) is 5.75 Å². The minimum atomic E-state index is 0.500. The van der Waals surface area contributed by atoms with Crippen LogP contribution in [0.15, 0.2) is 28.6 Å². The second-order valence-corrected chi connectivity index (χ2v) is 5.93. The van der Waals surface area contributed by atoms with E-state index in [-0.39, 0.29) is 0 Å². The van der Waals surface area contributed by atoms with E-state index in [1.54, 1.807) is 11.8 Å². The number of rotatable bonds is 7. The van der Waals surface area contributed by atoms with Crippen LogP contribution in [-0.4, -0.2) is 21.7 Å². The number of hydrogen-bond donors (Lipinski definition) is 1. The molecule has 0 fully saturated rings. The fourth-order valence-electron chi connectivity index (χ4n) is 1.53. The summed E-state index contributed by atoms with van der Waals surface area (Å²) in [5.41, 5.74) is 6.70. The van der Waals surface area contributed by atoms with Crippen molar-refractivity contribution in [1.82, 2.24) is 9.36 Å². The van der Waals surface area contributed by atoms with E-state index in [9.17, 15) is 0 Å². The van der Waals surface area contributed by atoms with Crippen LogP contribution >= 0.6 is 23.3 Å². The molecule has 0 amide bonds. The van der Waals surface area contributed by atoms with Gasteiger partial charge in [0, 0.05) is 24.3 Å². The lowest BCUT2D eigenvalue weighted by Crippen LogP contribution is -2.05. The zero-order chi connectivity index (χ0) is 13.5. The second kappa shape index (κ2) is 7.47. The molecule has 0 unspecified atom stereocenters. The molecule has 0 bridgehead atoms. The van der Waals surface area contributed by atoms with Gasteiger partial charge < -0.3 is 10.5 Å². The van der Waals surface area contributed by atoms with Crippen LogP contribution < -0.4 is 10.5 Å². The highest BCUT2D eigenvalue weighted by molar-refractivity contribution is 8.00. The topological polar surface area (TPSA) is 61.0 Å². The Hall–Kier alpha value is -1.11. The molecule has 19 heavy (non-hydrogen) atoms. The molecule has 2 N–H and O–H groups in total. The maximum atomic E-state index is 5.74. The molecule has 1 aromatic heterocycles. The number of nitrogens with zero attached hydrogens (tertiary/aromatic N) is 2. The van der Waals surface area contributed by atoms with E-state index in [1.165, 1.54) is 11.5 Å². The Balaban J connectivity index is 1.77. The third-order valence-electron chi connectivity index (χ3n) is 2.52. The van der Waals surface area contributed by atoms with Gasteiger partial charge in [-0.05, 0) is 17.6 Å². The van der Waals surface area contributed by atoms with Crippen molar-refractivity contribution in [3.8, 4) is 5.75 Å². The van der Waals surface area contributed by atoms with Gasteiger partial charge in [-0.3, -0.25) is 0 Å². The van der Waals surface area contributed by atoms with Crippen LogP contribution in [0.4, 0.5) is 0 Å². The Bertz CT molecular complexity index is 516. The van der Waals surface area contributed by atoms with Crippen molar-refractivity contribution in [3.63, 3.8) is 0 Å². The Morgan fingerprint density at radius 2 is 2.21 bits per heavy atom. The van der Waals surface area contributed by atoms with E-state index in [2.05, 4.69) is 16.3 Å². The van der Waals surface area contributed by atoms with E-state index in [0.29, 0.717) is 13.2 Å². The summed E-state index contributed by atoms with van der Waals surface area (Å²) in [4.78, 5) is 4.40. The summed E-state index contributed by atoms with van der Waals surface area (Å²) in [6, 6.07) is 7.87. The molecule has 0 atom stereocenters. The number of aryl methyl sites for hydroxylation is 1. The lowest BCUT2D eigenvalue weighted by Gasteiger charge is -2.09. The smallest absolute Gasteiger partial charge is 0.170 e. The van der Waals surface area contributed by atoms with E-state index in [1.807, 2.05) is 24.3 Å². The van der Waals surface area contributed by atoms with Crippen molar-refractivity contribution >= 4 is 23.3 Å². The average Bonchev–Trinajstić information content (AvgIpc) is 2.92. The standard InChI is InChI=1S/C13H17N3OS2/c1-2-12-15-13(19-16-12)18-8-7-17-11-6-4-3-5-10(11)9-14/h3-6H,2,7-9,14H2,1H3. The molecule has 2 rings (SSSR count). The number of hydrogen-bond acceptors (Lipinski definition) is 6. The van der Waals surface area contributed by atoms with Crippen LogP contribution in [0, 0.1) is 0 Å². The molecule has 0 saturated heterocycles. The highest BCUT2D eigenvalue weighted by Crippen LogP contribution is 2.21. The molecule has 2 aromatic rings. The van der Waals surface area contributed by atoms with Crippen LogP contribution in [0.3, 0.4) is 0 Å². The van der Waals surface area contributed by atoms with Gasteiger partial charge in [-0.1, -0.05) is 36.9 Å². The summed E-state index contributed by atoms with van der Waals surface area (Å²) < 4.78 is 11.0. The number of ether oxygens (including phenoxy) is 1. The predicted molar refractivity (Wildman–Crippen MR) is 79.8 cm³/mol. The molecule has 0 aliphatic rings. The van der Waals surface area contributed by atoms with Crippen LogP contribution in [0.1, 0.15) is 18.3 Å². The van der Waals surface area contributed by atoms with Crippen LogP contribution in [0.2, 0.25) is 0 Å². The Labute approximate surface area is 121 Å². The second-order valence-electron chi connectivity index (χ2n) is 3.84. The normalized spacial score (nSPS) is 10.6. The fourth-order valence-corrected chi connectivity index (χ4v) is 3.12. The van der Waals surface area contributed by atoms with Crippen LogP contribution in [-0.2, 0) is 13.0 Å². The van der Waals surface area contributed by atoms with Gasteiger partial charge in [-0.25, -0.2) is 4.98 Å². The molecule has 4 nitrogen and oxygen atoms in total. The molecule has 0 aliphatic heterocycles. The maximum absolute atomic E-state index is 5.74. The van der Waals surface area contributed by atoms with Gasteiger partial charge in [0.2, 0.25) is 0 Å². The first-order chi connectivity index (χ1) is 9.33. The molecule has 102 valence electrons. The van der Waals surface area contributed by atoms with Crippen molar-refractivity contribution in [2.45, 2.75) is 24.2 Å². The molecule has 1 heterocycles. The summed E-state index contributed by atoms with van der Waals surface area (Å²) in [6.07, 6.45) is 0.886. The molecular formula is C13H17N3OS2. The summed E-state index contributed by atoms with van der Waals surface area (Å²) in [5, 5.41) is 0. The van der Waals surface area contributed by atoms with E-state index >= 15 is 0 Å². The zero-order valence-electron chi connectivity index (χ0n) is 10.8. The Morgan fingerprint density at radius 1 is 1.37 bits per heavy atom. The van der Waals surface area contributed by atoms with Gasteiger partial charge in [0.1, 0.15) is 11.6 Å². The molecule has 0 spiro atoms. The first-order valence-electron chi connectivity index (χ1n) is 6.19. The van der Waals surface area contributed by atoms with E-state index in [4.69, 9.17) is 10.5 Å². The third-order valence-corrected chi connectivity index (χ3v) is 4.36. The number of thioether (sulfide) groups is 1. The Morgan fingerprint density at radius 3 is 2.95 bits per heavy atom. The van der Waals surface area contributed by atoms with Gasteiger partial charge in [0.15, 0.2) is 4.34 Å². The third kappa shape index (κ3) is 4.19. The molecular weight excluding hydrogens is 278 g/mol. The highest BCUT2D eigenvalue weighted by Gasteiger charge is 2.04. The first-order valence-corrected chi connectivity index (χ1v) is 7.95. The Kier molecular flexibility index (Phi) is 5.62. The molecule has 6 heteroatoms. The first kappa shape index (κ1) is 14.3. The quantitative estimate of drug-likeness (QED) is 0.628. The molecule has 0 radical (unpaired) electrons. The number of benzene rings is 1. The monoisotopic (exact) mass is 295 g/mol. The largest absolute Gasteiger partial charge is 0.492 e. The lowest BCUT2D eigenvalue weighted by molar-refractivity contribution is 0.340. The number of nitrogens with two attached hydrogens (primary N) is 1. The van der Waals surface area contributed by atoms with Crippen molar-refractivity contribution in [2.75, 3.05) is 12.4 Å². The fraction of sp³-hybridized carbons (Fsp3) is 0.385. The number of aromatic nitrogens is 2. The van der Waals surface area contributed by atoms with Crippen molar-refractivity contribution < 1.29 is 4.74 Å². The van der Waals surface area contributed by atoms with Crippen molar-refractivity contribution in [3.05, 3.63) is 35.7 Å².